The molecule has 1 heterocycles. The van der Waals surface area contributed by atoms with Crippen LogP contribution in [-0.2, 0) is 4.79 Å². The molecule has 0 aliphatic carbocycles. The summed E-state index contributed by atoms with van der Waals surface area (Å²) in [6.07, 6.45) is 2.76. The highest BCUT2D eigenvalue weighted by atomic mass is 35.5. The van der Waals surface area contributed by atoms with Gasteiger partial charge in [-0.2, -0.15) is 0 Å². The minimum atomic E-state index is -0.741. The molecule has 1 saturated heterocycles. The number of benzene rings is 1. The molecule has 0 amide bonds. The molecule has 0 spiro atoms. The summed E-state index contributed by atoms with van der Waals surface area (Å²) >= 11 is 5.81. The Bertz CT molecular complexity index is 377. The van der Waals surface area contributed by atoms with Gasteiger partial charge in [-0.3, -0.25) is 0 Å². The summed E-state index contributed by atoms with van der Waals surface area (Å²) in [6.45, 7) is 0.804. The van der Waals surface area contributed by atoms with Crippen molar-refractivity contribution in [3.05, 3.63) is 29.3 Å². The van der Waals surface area contributed by atoms with Gasteiger partial charge in [-0.25, -0.2) is 4.79 Å². The molecular formula is C12H14ClNO2. The number of halogens is 1. The van der Waals surface area contributed by atoms with Crippen LogP contribution in [0.5, 0.6) is 0 Å². The average Bonchev–Trinajstić information content (AvgIpc) is 2.30. The Hall–Kier alpha value is -1.22. The van der Waals surface area contributed by atoms with E-state index in [1.165, 1.54) is 0 Å². The summed E-state index contributed by atoms with van der Waals surface area (Å²) in [5.41, 5.74) is 0.941. The molecule has 1 aromatic rings. The molecule has 1 aliphatic heterocycles. The second kappa shape index (κ2) is 4.74. The first-order valence-electron chi connectivity index (χ1n) is 5.43. The van der Waals surface area contributed by atoms with Crippen molar-refractivity contribution < 1.29 is 9.90 Å². The number of hydrogen-bond acceptors (Lipinski definition) is 2. The number of carboxylic acids is 1. The third kappa shape index (κ3) is 2.30. The van der Waals surface area contributed by atoms with Crippen molar-refractivity contribution in [3.8, 4) is 0 Å². The van der Waals surface area contributed by atoms with Crippen molar-refractivity contribution in [1.82, 2.24) is 0 Å². The number of anilines is 1. The summed E-state index contributed by atoms with van der Waals surface area (Å²) < 4.78 is 0. The predicted molar refractivity (Wildman–Crippen MR) is 64.1 cm³/mol. The van der Waals surface area contributed by atoms with Gasteiger partial charge in [0.15, 0.2) is 0 Å². The zero-order valence-electron chi connectivity index (χ0n) is 8.90. The Balaban J connectivity index is 2.23. The lowest BCUT2D eigenvalue weighted by atomic mass is 10.0. The van der Waals surface area contributed by atoms with E-state index in [0.717, 1.165) is 31.5 Å². The van der Waals surface area contributed by atoms with Crippen LogP contribution in [0.15, 0.2) is 24.3 Å². The third-order valence-electron chi connectivity index (χ3n) is 2.95. The first-order valence-corrected chi connectivity index (χ1v) is 5.81. The van der Waals surface area contributed by atoms with E-state index in [0.29, 0.717) is 5.02 Å². The van der Waals surface area contributed by atoms with Crippen LogP contribution >= 0.6 is 11.6 Å². The maximum Gasteiger partial charge on any atom is 0.326 e. The first-order chi connectivity index (χ1) is 7.68. The summed E-state index contributed by atoms with van der Waals surface area (Å²) in [7, 11) is 0. The molecule has 2 rings (SSSR count). The number of nitrogens with zero attached hydrogens (tertiary/aromatic N) is 1. The Morgan fingerprint density at radius 3 is 2.62 bits per heavy atom. The summed E-state index contributed by atoms with van der Waals surface area (Å²) in [6, 6.07) is 6.96. The van der Waals surface area contributed by atoms with Crippen molar-refractivity contribution in [2.24, 2.45) is 0 Å². The van der Waals surface area contributed by atoms with Crippen LogP contribution in [0.2, 0.25) is 5.02 Å². The van der Waals surface area contributed by atoms with Crippen LogP contribution < -0.4 is 4.90 Å². The van der Waals surface area contributed by atoms with E-state index in [1.54, 1.807) is 12.1 Å². The van der Waals surface area contributed by atoms with Crippen molar-refractivity contribution in [3.63, 3.8) is 0 Å². The molecule has 0 unspecified atom stereocenters. The van der Waals surface area contributed by atoms with Gasteiger partial charge in [0, 0.05) is 17.3 Å². The van der Waals surface area contributed by atoms with Gasteiger partial charge in [-0.1, -0.05) is 11.6 Å². The number of carboxylic acid groups (broad SMARTS) is 1. The molecule has 4 heteroatoms. The molecule has 1 aromatic carbocycles. The quantitative estimate of drug-likeness (QED) is 0.863. The van der Waals surface area contributed by atoms with E-state index in [4.69, 9.17) is 16.7 Å². The standard InChI is InChI=1S/C12H14ClNO2/c13-9-4-6-10(7-5-9)14-8-2-1-3-11(14)12(15)16/h4-7,11H,1-3,8H2,(H,15,16)/t11-/m0/s1. The van der Waals surface area contributed by atoms with Gasteiger partial charge < -0.3 is 10.0 Å². The van der Waals surface area contributed by atoms with E-state index in [-0.39, 0.29) is 0 Å². The minimum absolute atomic E-state index is 0.394. The second-order valence-corrected chi connectivity index (χ2v) is 4.46. The maximum atomic E-state index is 11.1. The lowest BCUT2D eigenvalue weighted by Gasteiger charge is -2.34. The Labute approximate surface area is 99.6 Å². The van der Waals surface area contributed by atoms with Crippen LogP contribution in [0, 0.1) is 0 Å². The van der Waals surface area contributed by atoms with E-state index < -0.39 is 12.0 Å². The van der Waals surface area contributed by atoms with Crippen molar-refractivity contribution in [2.75, 3.05) is 11.4 Å². The molecule has 0 radical (unpaired) electrons. The van der Waals surface area contributed by atoms with Crippen molar-refractivity contribution in [2.45, 2.75) is 25.3 Å². The third-order valence-corrected chi connectivity index (χ3v) is 3.20. The SMILES string of the molecule is O=C(O)[C@@H]1CCCCN1c1ccc(Cl)cc1. The molecule has 86 valence electrons. The highest BCUT2D eigenvalue weighted by molar-refractivity contribution is 6.30. The summed E-state index contributed by atoms with van der Waals surface area (Å²) in [5.74, 6) is -0.741. The Morgan fingerprint density at radius 2 is 2.00 bits per heavy atom. The number of piperidine rings is 1. The van der Waals surface area contributed by atoms with Gasteiger partial charge in [-0.05, 0) is 43.5 Å². The predicted octanol–water partition coefficient (Wildman–Crippen LogP) is 2.78. The zero-order chi connectivity index (χ0) is 11.5. The smallest absolute Gasteiger partial charge is 0.326 e. The van der Waals surface area contributed by atoms with Gasteiger partial charge in [0.25, 0.3) is 0 Å². The molecule has 1 aliphatic rings. The van der Waals surface area contributed by atoms with Gasteiger partial charge in [-0.15, -0.1) is 0 Å². The van der Waals surface area contributed by atoms with E-state index in [1.807, 2.05) is 17.0 Å². The van der Waals surface area contributed by atoms with E-state index in [9.17, 15) is 4.79 Å². The van der Waals surface area contributed by atoms with Crippen LogP contribution in [0.25, 0.3) is 0 Å². The molecule has 16 heavy (non-hydrogen) atoms. The monoisotopic (exact) mass is 239 g/mol. The maximum absolute atomic E-state index is 11.1. The lowest BCUT2D eigenvalue weighted by Crippen LogP contribution is -2.44. The number of hydrogen-bond donors (Lipinski definition) is 1. The molecule has 1 atom stereocenters. The van der Waals surface area contributed by atoms with Crippen LogP contribution in [-0.4, -0.2) is 23.7 Å². The fourth-order valence-corrected chi connectivity index (χ4v) is 2.26. The highest BCUT2D eigenvalue weighted by Gasteiger charge is 2.28. The fraction of sp³-hybridized carbons (Fsp3) is 0.417. The molecule has 0 saturated carbocycles. The average molecular weight is 240 g/mol. The van der Waals surface area contributed by atoms with Gasteiger partial charge in [0.05, 0.1) is 0 Å². The molecular weight excluding hydrogens is 226 g/mol. The van der Waals surface area contributed by atoms with E-state index >= 15 is 0 Å². The highest BCUT2D eigenvalue weighted by Crippen LogP contribution is 2.26. The van der Waals surface area contributed by atoms with Crippen LogP contribution in [0.3, 0.4) is 0 Å². The summed E-state index contributed by atoms with van der Waals surface area (Å²) in [5, 5.41) is 9.83. The lowest BCUT2D eigenvalue weighted by molar-refractivity contribution is -0.139. The minimum Gasteiger partial charge on any atom is -0.480 e. The van der Waals surface area contributed by atoms with E-state index in [2.05, 4.69) is 0 Å². The Kier molecular flexibility index (Phi) is 3.34. The molecule has 0 bridgehead atoms. The Morgan fingerprint density at radius 1 is 1.31 bits per heavy atom. The van der Waals surface area contributed by atoms with Crippen LogP contribution in [0.1, 0.15) is 19.3 Å². The van der Waals surface area contributed by atoms with Crippen LogP contribution in [0.4, 0.5) is 5.69 Å². The summed E-state index contributed by atoms with van der Waals surface area (Å²) in [4.78, 5) is 13.1. The van der Waals surface area contributed by atoms with Gasteiger partial charge in [0.1, 0.15) is 6.04 Å². The van der Waals surface area contributed by atoms with Gasteiger partial charge in [0.2, 0.25) is 0 Å². The molecule has 3 nitrogen and oxygen atoms in total. The number of carbonyl (C=O) groups is 1. The van der Waals surface area contributed by atoms with Crippen molar-refractivity contribution >= 4 is 23.3 Å². The normalized spacial score (nSPS) is 20.8. The second-order valence-electron chi connectivity index (χ2n) is 4.02. The largest absolute Gasteiger partial charge is 0.480 e. The molecule has 0 aromatic heterocycles. The fourth-order valence-electron chi connectivity index (χ4n) is 2.13. The topological polar surface area (TPSA) is 40.5 Å². The number of aliphatic carboxylic acids is 1. The first kappa shape index (κ1) is 11.3. The molecule has 1 N–H and O–H groups in total. The molecule has 1 fully saturated rings. The van der Waals surface area contributed by atoms with Crippen molar-refractivity contribution in [1.29, 1.82) is 0 Å². The zero-order valence-corrected chi connectivity index (χ0v) is 9.65. The van der Waals surface area contributed by atoms with Gasteiger partial charge >= 0.3 is 5.97 Å². The number of rotatable bonds is 2.